The molecule has 6 atom stereocenters. The highest BCUT2D eigenvalue weighted by Crippen LogP contribution is 2.42. The van der Waals surface area contributed by atoms with Gasteiger partial charge in [-0.15, -0.1) is 0 Å². The van der Waals surface area contributed by atoms with Crippen molar-refractivity contribution in [2.75, 3.05) is 19.8 Å². The first-order valence-electron chi connectivity index (χ1n) is 23.7. The molecule has 0 aromatic rings. The van der Waals surface area contributed by atoms with Gasteiger partial charge < -0.3 is 24.4 Å². The largest absolute Gasteiger partial charge is 0.481 e. The van der Waals surface area contributed by atoms with Gasteiger partial charge in [-0.05, 0) is 132 Å². The van der Waals surface area contributed by atoms with Gasteiger partial charge in [-0.3, -0.25) is 14.4 Å². The first-order chi connectivity index (χ1) is 27.5. The molecule has 6 saturated carbocycles. The van der Waals surface area contributed by atoms with E-state index in [1.807, 2.05) is 0 Å². The fraction of sp³-hybridized carbons (Fsp3) is 0.936. The van der Waals surface area contributed by atoms with Crippen molar-refractivity contribution in [2.45, 2.75) is 205 Å². The predicted molar refractivity (Wildman–Crippen MR) is 217 cm³/mol. The van der Waals surface area contributed by atoms with Gasteiger partial charge in [-0.1, -0.05) is 78.1 Å². The van der Waals surface area contributed by atoms with Crippen LogP contribution in [-0.4, -0.2) is 72.4 Å². The highest BCUT2D eigenvalue weighted by Gasteiger charge is 2.42. The van der Waals surface area contributed by atoms with Crippen LogP contribution in [0, 0.1) is 52.8 Å². The van der Waals surface area contributed by atoms with E-state index in [1.165, 1.54) is 70.6 Å². The standard InChI is InChI=1S/C47H78O10/c1-47(2,30-53-37-15-19-39(20-16-37)56-46(52)43-28-35(14-24-42(43)45(50)51)26-33-11-7-4-8-12-33)31-54-38-17-21-40(22-18-38)57-55-29-36-27-34(13-23-41(36)44(48)49)25-32-9-5-3-6-10-32/h32-43H,3-31H2,1-2H3,(H,48,49)(H,50,51). The Morgan fingerprint density at radius 3 is 1.51 bits per heavy atom. The fourth-order valence-electron chi connectivity index (χ4n) is 11.7. The molecule has 0 radical (unpaired) electrons. The molecule has 6 aliphatic carbocycles. The van der Waals surface area contributed by atoms with Crippen LogP contribution in [0.4, 0.5) is 0 Å². The third-order valence-electron chi connectivity index (χ3n) is 15.2. The van der Waals surface area contributed by atoms with Gasteiger partial charge in [0.15, 0.2) is 0 Å². The third kappa shape index (κ3) is 14.2. The zero-order chi connectivity index (χ0) is 40.2. The molecule has 0 bridgehead atoms. The smallest absolute Gasteiger partial charge is 0.310 e. The van der Waals surface area contributed by atoms with Crippen molar-refractivity contribution in [1.29, 1.82) is 0 Å². The number of esters is 1. The average molecular weight is 803 g/mol. The number of carbonyl (C=O) groups excluding carboxylic acids is 1. The molecule has 6 rings (SSSR count). The third-order valence-corrected chi connectivity index (χ3v) is 15.2. The van der Waals surface area contributed by atoms with Crippen molar-refractivity contribution >= 4 is 17.9 Å². The van der Waals surface area contributed by atoms with Gasteiger partial charge in [0, 0.05) is 5.41 Å². The summed E-state index contributed by atoms with van der Waals surface area (Å²) >= 11 is 0. The Labute approximate surface area is 343 Å². The van der Waals surface area contributed by atoms with Gasteiger partial charge in [0.05, 0.1) is 55.9 Å². The molecule has 0 aliphatic heterocycles. The Morgan fingerprint density at radius 1 is 0.509 bits per heavy atom. The molecule has 6 unspecified atom stereocenters. The van der Waals surface area contributed by atoms with Crippen LogP contribution in [-0.2, 0) is 38.4 Å². The van der Waals surface area contributed by atoms with Crippen molar-refractivity contribution in [3.8, 4) is 0 Å². The molecule has 6 fully saturated rings. The fourth-order valence-corrected chi connectivity index (χ4v) is 11.7. The lowest BCUT2D eigenvalue weighted by atomic mass is 9.70. The quantitative estimate of drug-likeness (QED) is 0.0782. The van der Waals surface area contributed by atoms with E-state index in [1.54, 1.807) is 0 Å². The second-order valence-electron chi connectivity index (χ2n) is 20.5. The SMILES string of the molecule is CC(C)(COC1CCC(OOCC2CC(CC3CCCCC3)CCC2C(=O)O)CC1)COC1CCC(OC(=O)C2CC(CC3CCCCC3)CCC2C(=O)O)CC1. The number of hydrogen-bond acceptors (Lipinski definition) is 8. The number of carbonyl (C=O) groups is 3. The summed E-state index contributed by atoms with van der Waals surface area (Å²) < 4.78 is 18.8. The first-order valence-corrected chi connectivity index (χ1v) is 23.7. The lowest BCUT2D eigenvalue weighted by Gasteiger charge is -2.37. The van der Waals surface area contributed by atoms with Crippen molar-refractivity contribution in [3.63, 3.8) is 0 Å². The number of ether oxygens (including phenoxy) is 3. The molecule has 0 saturated heterocycles. The molecular weight excluding hydrogens is 725 g/mol. The van der Waals surface area contributed by atoms with E-state index in [0.717, 1.165) is 95.3 Å². The maximum Gasteiger partial charge on any atom is 0.310 e. The number of carboxylic acids is 2. The van der Waals surface area contributed by atoms with Crippen LogP contribution in [0.25, 0.3) is 0 Å². The molecule has 0 spiro atoms. The van der Waals surface area contributed by atoms with E-state index >= 15 is 0 Å². The van der Waals surface area contributed by atoms with Crippen molar-refractivity contribution < 1.29 is 48.6 Å². The van der Waals surface area contributed by atoms with Crippen LogP contribution >= 0.6 is 0 Å². The number of aliphatic carboxylic acids is 2. The summed E-state index contributed by atoms with van der Waals surface area (Å²) in [7, 11) is 0. The van der Waals surface area contributed by atoms with E-state index in [4.69, 9.17) is 24.0 Å². The number of carboxylic acid groups (broad SMARTS) is 2. The lowest BCUT2D eigenvalue weighted by Crippen LogP contribution is -2.39. The summed E-state index contributed by atoms with van der Waals surface area (Å²) in [5.74, 6) is -0.735. The van der Waals surface area contributed by atoms with Crippen LogP contribution in [0.5, 0.6) is 0 Å². The van der Waals surface area contributed by atoms with Gasteiger partial charge in [0.2, 0.25) is 0 Å². The number of hydrogen-bond donors (Lipinski definition) is 2. The Kier molecular flexibility index (Phi) is 17.4. The number of rotatable bonds is 18. The maximum atomic E-state index is 13.4. The molecule has 6 aliphatic rings. The molecule has 10 nitrogen and oxygen atoms in total. The zero-order valence-corrected chi connectivity index (χ0v) is 35.6. The Hall–Kier alpha value is -1.75. The average Bonchev–Trinajstić information content (AvgIpc) is 3.21. The van der Waals surface area contributed by atoms with Crippen LogP contribution in [0.2, 0.25) is 0 Å². The Morgan fingerprint density at radius 2 is 0.982 bits per heavy atom. The van der Waals surface area contributed by atoms with Crippen molar-refractivity contribution in [3.05, 3.63) is 0 Å². The highest BCUT2D eigenvalue weighted by atomic mass is 17.2. The van der Waals surface area contributed by atoms with E-state index in [0.29, 0.717) is 44.5 Å². The lowest BCUT2D eigenvalue weighted by molar-refractivity contribution is -0.338. The summed E-state index contributed by atoms with van der Waals surface area (Å²) in [4.78, 5) is 49.2. The summed E-state index contributed by atoms with van der Waals surface area (Å²) in [5.41, 5.74) is -0.143. The summed E-state index contributed by atoms with van der Waals surface area (Å²) in [6, 6.07) is 0. The van der Waals surface area contributed by atoms with E-state index in [9.17, 15) is 24.6 Å². The second kappa shape index (κ2) is 22.2. The molecular formula is C47H78O10. The van der Waals surface area contributed by atoms with E-state index in [-0.39, 0.29) is 47.6 Å². The summed E-state index contributed by atoms with van der Waals surface area (Å²) in [6.07, 6.45) is 27.3. The molecule has 10 heteroatoms. The minimum atomic E-state index is -0.857. The normalized spacial score (nSPS) is 35.1. The van der Waals surface area contributed by atoms with Gasteiger partial charge in [0.25, 0.3) is 0 Å². The van der Waals surface area contributed by atoms with Gasteiger partial charge >= 0.3 is 17.9 Å². The first kappa shape index (κ1) is 44.8. The molecule has 0 amide bonds. The second-order valence-corrected chi connectivity index (χ2v) is 20.5. The molecule has 326 valence electrons. The summed E-state index contributed by atoms with van der Waals surface area (Å²) in [5, 5.41) is 19.8. The molecule has 0 heterocycles. The summed E-state index contributed by atoms with van der Waals surface area (Å²) in [6.45, 7) is 5.94. The van der Waals surface area contributed by atoms with Gasteiger partial charge in [-0.2, -0.15) is 0 Å². The topological polar surface area (TPSA) is 138 Å². The monoisotopic (exact) mass is 803 g/mol. The van der Waals surface area contributed by atoms with Crippen LogP contribution in [0.15, 0.2) is 0 Å². The minimum absolute atomic E-state index is 0.0184. The molecule has 0 aromatic heterocycles. The van der Waals surface area contributed by atoms with Crippen LogP contribution in [0.1, 0.15) is 181 Å². The van der Waals surface area contributed by atoms with Gasteiger partial charge in [-0.25, -0.2) is 9.78 Å². The Bertz CT molecular complexity index is 1230. The Balaban J connectivity index is 0.830. The molecule has 57 heavy (non-hydrogen) atoms. The zero-order valence-electron chi connectivity index (χ0n) is 35.6. The van der Waals surface area contributed by atoms with Crippen LogP contribution in [0.3, 0.4) is 0 Å². The van der Waals surface area contributed by atoms with Crippen molar-refractivity contribution in [1.82, 2.24) is 0 Å². The maximum absolute atomic E-state index is 13.4. The molecule has 2 N–H and O–H groups in total. The predicted octanol–water partition coefficient (Wildman–Crippen LogP) is 10.3. The van der Waals surface area contributed by atoms with E-state index in [2.05, 4.69) is 13.8 Å². The van der Waals surface area contributed by atoms with Crippen LogP contribution < -0.4 is 0 Å². The van der Waals surface area contributed by atoms with Gasteiger partial charge in [0.1, 0.15) is 6.10 Å². The molecule has 0 aromatic carbocycles. The van der Waals surface area contributed by atoms with E-state index < -0.39 is 23.8 Å². The van der Waals surface area contributed by atoms with Crippen molar-refractivity contribution in [2.24, 2.45) is 52.8 Å². The minimum Gasteiger partial charge on any atom is -0.481 e. The highest BCUT2D eigenvalue weighted by molar-refractivity contribution is 5.81.